The van der Waals surface area contributed by atoms with Crippen molar-refractivity contribution < 1.29 is 39.5 Å². The van der Waals surface area contributed by atoms with E-state index in [4.69, 9.17) is 0 Å². The van der Waals surface area contributed by atoms with Crippen molar-refractivity contribution in [1.82, 2.24) is 15.2 Å². The van der Waals surface area contributed by atoms with Crippen LogP contribution in [0.5, 0.6) is 0 Å². The number of aromatic nitrogens is 3. The Labute approximate surface area is 108 Å². The first-order chi connectivity index (χ1) is 6.75. The average Bonchev–Trinajstić information content (AvgIpc) is 2.17. The van der Waals surface area contributed by atoms with Gasteiger partial charge >= 0.3 is 29.6 Å². The van der Waals surface area contributed by atoms with Gasteiger partial charge in [0.1, 0.15) is 5.52 Å². The minimum absolute atomic E-state index is 0. The molecule has 0 aliphatic rings. The van der Waals surface area contributed by atoms with Gasteiger partial charge in [-0.1, -0.05) is 12.1 Å². The van der Waals surface area contributed by atoms with Gasteiger partial charge in [0.25, 0.3) is 0 Å². The monoisotopic (exact) mass is 211 g/mol. The second kappa shape index (κ2) is 5.16. The Morgan fingerprint density at radius 1 is 1.20 bits per heavy atom. The van der Waals surface area contributed by atoms with Gasteiger partial charge in [-0.3, -0.25) is 0 Å². The quantitative estimate of drug-likeness (QED) is 0.478. The number of carboxylic acid groups (broad SMARTS) is 1. The zero-order valence-corrected chi connectivity index (χ0v) is 10.2. The van der Waals surface area contributed by atoms with E-state index in [1.165, 1.54) is 0 Å². The molecule has 1 aromatic heterocycles. The van der Waals surface area contributed by atoms with E-state index in [0.29, 0.717) is 11.0 Å². The normalized spacial score (nSPS) is 9.60. The third-order valence-electron chi connectivity index (χ3n) is 1.71. The van der Waals surface area contributed by atoms with Gasteiger partial charge in [-0.15, -0.1) is 10.2 Å². The Kier molecular flexibility index (Phi) is 4.14. The number of hydrogen-bond acceptors (Lipinski definition) is 5. The Balaban J connectivity index is 0.00000112. The fourth-order valence-electron chi connectivity index (χ4n) is 1.12. The molecule has 0 amide bonds. The molecule has 2 rings (SSSR count). The summed E-state index contributed by atoms with van der Waals surface area (Å²) in [7, 11) is 0. The molecule has 5 nitrogen and oxygen atoms in total. The Hall–Kier alpha value is -1.04. The minimum Gasteiger partial charge on any atom is -0.550 e. The molecule has 0 spiro atoms. The molecule has 1 aromatic carbocycles. The zero-order valence-electron chi connectivity index (χ0n) is 8.17. The molecular weight excluding hydrogens is 205 g/mol. The molecule has 0 saturated carbocycles. The van der Waals surface area contributed by atoms with Crippen molar-refractivity contribution in [1.29, 1.82) is 0 Å². The van der Waals surface area contributed by atoms with Crippen LogP contribution in [-0.4, -0.2) is 21.2 Å². The van der Waals surface area contributed by atoms with Crippen molar-refractivity contribution in [2.75, 3.05) is 0 Å². The SMILES string of the molecule is O=C([O-])Cc1nnc2ccccc2n1.[Na+]. The van der Waals surface area contributed by atoms with Crippen molar-refractivity contribution in [3.05, 3.63) is 30.1 Å². The van der Waals surface area contributed by atoms with Gasteiger partial charge in [0, 0.05) is 12.4 Å². The Morgan fingerprint density at radius 3 is 2.53 bits per heavy atom. The summed E-state index contributed by atoms with van der Waals surface area (Å²) in [6.45, 7) is 0. The van der Waals surface area contributed by atoms with Crippen molar-refractivity contribution in [3.63, 3.8) is 0 Å². The maximum absolute atomic E-state index is 10.3. The number of rotatable bonds is 2. The van der Waals surface area contributed by atoms with Gasteiger partial charge in [-0.2, -0.15) is 0 Å². The predicted molar refractivity (Wildman–Crippen MR) is 46.0 cm³/mol. The smallest absolute Gasteiger partial charge is 0.550 e. The third kappa shape index (κ3) is 2.95. The number of benzene rings is 1. The Morgan fingerprint density at radius 2 is 1.87 bits per heavy atom. The second-order valence-corrected chi connectivity index (χ2v) is 2.77. The largest absolute Gasteiger partial charge is 1.00 e. The van der Waals surface area contributed by atoms with Crippen LogP contribution in [0.4, 0.5) is 0 Å². The van der Waals surface area contributed by atoms with Crippen molar-refractivity contribution in [2.45, 2.75) is 6.42 Å². The van der Waals surface area contributed by atoms with Crippen molar-refractivity contribution in [2.24, 2.45) is 0 Å². The molecule has 0 unspecified atom stereocenters. The van der Waals surface area contributed by atoms with Crippen LogP contribution in [0.25, 0.3) is 11.0 Å². The van der Waals surface area contributed by atoms with E-state index < -0.39 is 5.97 Å². The van der Waals surface area contributed by atoms with Gasteiger partial charge in [-0.25, -0.2) is 4.98 Å². The van der Waals surface area contributed by atoms with Crippen LogP contribution in [0, 0.1) is 0 Å². The summed E-state index contributed by atoms with van der Waals surface area (Å²) in [5.74, 6) is -1.04. The van der Waals surface area contributed by atoms with E-state index in [2.05, 4.69) is 15.2 Å². The first-order valence-electron chi connectivity index (χ1n) is 4.04. The fraction of sp³-hybridized carbons (Fsp3) is 0.111. The molecule has 0 bridgehead atoms. The number of carbonyl (C=O) groups excluding carboxylic acids is 1. The summed E-state index contributed by atoms with van der Waals surface area (Å²) in [5.41, 5.74) is 1.29. The number of carbonyl (C=O) groups is 1. The molecule has 0 fully saturated rings. The molecular formula is C9H6N3NaO2. The number of hydrogen-bond donors (Lipinski definition) is 0. The van der Waals surface area contributed by atoms with Gasteiger partial charge in [0.2, 0.25) is 0 Å². The summed E-state index contributed by atoms with van der Waals surface area (Å²) in [6, 6.07) is 7.14. The average molecular weight is 211 g/mol. The maximum Gasteiger partial charge on any atom is 1.00 e. The molecule has 70 valence electrons. The standard InChI is InChI=1S/C9H7N3O2.Na/c13-9(14)5-8-10-6-3-1-2-4-7(6)11-12-8;/h1-4H,5H2,(H,13,14);/q;+1/p-1. The van der Waals surface area contributed by atoms with Crippen LogP contribution in [0.15, 0.2) is 24.3 Å². The molecule has 0 atom stereocenters. The summed E-state index contributed by atoms with van der Waals surface area (Å²) >= 11 is 0. The topological polar surface area (TPSA) is 78.8 Å². The molecule has 2 aromatic rings. The van der Waals surface area contributed by atoms with Crippen LogP contribution in [0.3, 0.4) is 0 Å². The van der Waals surface area contributed by atoms with E-state index >= 15 is 0 Å². The van der Waals surface area contributed by atoms with Gasteiger partial charge in [-0.05, 0) is 12.1 Å². The second-order valence-electron chi connectivity index (χ2n) is 2.77. The molecule has 6 heteroatoms. The summed E-state index contributed by atoms with van der Waals surface area (Å²) in [4.78, 5) is 14.3. The van der Waals surface area contributed by atoms with Gasteiger partial charge in [0.05, 0.1) is 5.52 Å². The number of para-hydroxylation sites is 1. The molecule has 1 heterocycles. The number of fused-ring (bicyclic) bond motifs is 1. The zero-order chi connectivity index (χ0) is 9.97. The van der Waals surface area contributed by atoms with Crippen LogP contribution < -0.4 is 34.7 Å². The Bertz CT molecular complexity index is 489. The number of nitrogens with zero attached hydrogens (tertiary/aromatic N) is 3. The van der Waals surface area contributed by atoms with E-state index in [1.54, 1.807) is 18.2 Å². The fourth-order valence-corrected chi connectivity index (χ4v) is 1.12. The maximum atomic E-state index is 10.3. The summed E-state index contributed by atoms with van der Waals surface area (Å²) in [5, 5.41) is 17.8. The molecule has 0 radical (unpaired) electrons. The summed E-state index contributed by atoms with van der Waals surface area (Å²) < 4.78 is 0. The summed E-state index contributed by atoms with van der Waals surface area (Å²) in [6.07, 6.45) is -0.308. The first kappa shape index (κ1) is 12.0. The van der Waals surface area contributed by atoms with Crippen molar-refractivity contribution >= 4 is 17.0 Å². The number of aliphatic carboxylic acids is 1. The first-order valence-corrected chi connectivity index (χ1v) is 4.04. The minimum atomic E-state index is -1.21. The van der Waals surface area contributed by atoms with E-state index in [1.807, 2.05) is 6.07 Å². The van der Waals surface area contributed by atoms with Crippen molar-refractivity contribution in [3.8, 4) is 0 Å². The van der Waals surface area contributed by atoms with E-state index in [9.17, 15) is 9.90 Å². The van der Waals surface area contributed by atoms with E-state index in [0.717, 1.165) is 0 Å². The molecule has 0 saturated heterocycles. The van der Waals surface area contributed by atoms with Crippen LogP contribution in [0.2, 0.25) is 0 Å². The van der Waals surface area contributed by atoms with Crippen LogP contribution in [0.1, 0.15) is 5.82 Å². The van der Waals surface area contributed by atoms with Gasteiger partial charge < -0.3 is 9.90 Å². The van der Waals surface area contributed by atoms with E-state index in [-0.39, 0.29) is 41.8 Å². The predicted octanol–water partition coefficient (Wildman–Crippen LogP) is -3.68. The van der Waals surface area contributed by atoms with Gasteiger partial charge in [0.15, 0.2) is 5.82 Å². The van der Waals surface area contributed by atoms with Crippen LogP contribution >= 0.6 is 0 Å². The van der Waals surface area contributed by atoms with Crippen LogP contribution in [-0.2, 0) is 11.2 Å². The molecule has 0 N–H and O–H groups in total. The third-order valence-corrected chi connectivity index (χ3v) is 1.71. The molecule has 15 heavy (non-hydrogen) atoms. The number of carboxylic acids is 1. The molecule has 0 aliphatic carbocycles. The molecule has 0 aliphatic heterocycles.